The molecule has 38 heavy (non-hydrogen) atoms. The standard InChI is InChI=1S/C30H42O8/c1-9-15(2)26(36-17(4)31)16(3)18-12-20(32)19-13-21-29(7,38-27(19)25(18)34)11-10-23-30(21,8)22(33)14-24(37-23)28(5,6)35/h9,12,16,21-24,26,33,35H,10-11,13-14H2,1-8H3/b15-9+/t16-,21+,22-,23+,24+,26-,29+,30-/m1/s1. The third kappa shape index (κ3) is 4.58. The number of Topliss-reactive ketones (excluding diaryl/α,β-unsaturated/α-hetero) is 1. The number of hydrogen-bond acceptors (Lipinski definition) is 8. The number of fused-ring (bicyclic) bond motifs is 3. The van der Waals surface area contributed by atoms with Crippen molar-refractivity contribution < 1.29 is 38.8 Å². The van der Waals surface area contributed by atoms with Gasteiger partial charge < -0.3 is 24.4 Å². The number of carbonyl (C=O) groups is 3. The fourth-order valence-electron chi connectivity index (χ4n) is 7.02. The number of rotatable bonds is 5. The van der Waals surface area contributed by atoms with E-state index in [0.717, 1.165) is 5.57 Å². The van der Waals surface area contributed by atoms with Crippen molar-refractivity contribution in [3.8, 4) is 0 Å². The Hall–Kier alpha value is -2.29. The van der Waals surface area contributed by atoms with Crippen molar-refractivity contribution in [3.05, 3.63) is 34.6 Å². The number of esters is 1. The first-order chi connectivity index (χ1) is 17.5. The van der Waals surface area contributed by atoms with Crippen LogP contribution in [-0.4, -0.2) is 63.4 Å². The molecule has 2 N–H and O–H groups in total. The molecule has 210 valence electrons. The van der Waals surface area contributed by atoms with Gasteiger partial charge in [-0.1, -0.05) is 19.9 Å². The second-order valence-electron chi connectivity index (χ2n) is 12.5. The summed E-state index contributed by atoms with van der Waals surface area (Å²) in [6.07, 6.45) is 2.63. The Labute approximate surface area is 225 Å². The average molecular weight is 531 g/mol. The Bertz CT molecular complexity index is 1120. The van der Waals surface area contributed by atoms with Gasteiger partial charge in [-0.3, -0.25) is 14.4 Å². The number of hydrogen-bond donors (Lipinski definition) is 2. The van der Waals surface area contributed by atoms with E-state index in [0.29, 0.717) is 18.4 Å². The lowest BCUT2D eigenvalue weighted by atomic mass is 9.52. The molecule has 0 aromatic rings. The summed E-state index contributed by atoms with van der Waals surface area (Å²) in [5.74, 6) is -1.87. The third-order valence-corrected chi connectivity index (χ3v) is 9.57. The van der Waals surface area contributed by atoms with Gasteiger partial charge in [-0.25, -0.2) is 0 Å². The SMILES string of the molecule is C/C=C(\C)[C@@H](OC(C)=O)[C@H](C)C1=CC(=O)C2=C(O[C@@]3(C)CC[C@@H]4O[C@H](C(C)(C)O)C[C@@H](O)[C@@]4(C)[C@H]3C2)C1=O. The van der Waals surface area contributed by atoms with Crippen LogP contribution < -0.4 is 0 Å². The largest absolute Gasteiger partial charge is 0.483 e. The van der Waals surface area contributed by atoms with Crippen LogP contribution in [0.5, 0.6) is 0 Å². The molecule has 0 unspecified atom stereocenters. The highest BCUT2D eigenvalue weighted by molar-refractivity contribution is 6.22. The van der Waals surface area contributed by atoms with Gasteiger partial charge >= 0.3 is 5.97 Å². The van der Waals surface area contributed by atoms with Crippen LogP contribution in [0.1, 0.15) is 81.1 Å². The van der Waals surface area contributed by atoms with Crippen LogP contribution in [0.3, 0.4) is 0 Å². The summed E-state index contributed by atoms with van der Waals surface area (Å²) in [5, 5.41) is 22.0. The zero-order chi connectivity index (χ0) is 28.4. The zero-order valence-corrected chi connectivity index (χ0v) is 23.8. The smallest absolute Gasteiger partial charge is 0.303 e. The number of ketones is 2. The minimum atomic E-state index is -1.10. The molecule has 1 saturated carbocycles. The summed E-state index contributed by atoms with van der Waals surface area (Å²) < 4.78 is 18.4. The second kappa shape index (κ2) is 9.72. The molecule has 0 aromatic heterocycles. The summed E-state index contributed by atoms with van der Waals surface area (Å²) in [7, 11) is 0. The van der Waals surface area contributed by atoms with Crippen molar-refractivity contribution in [3.63, 3.8) is 0 Å². The number of carbonyl (C=O) groups excluding carboxylic acids is 3. The van der Waals surface area contributed by atoms with Crippen molar-refractivity contribution >= 4 is 17.5 Å². The number of ether oxygens (including phenoxy) is 3. The first-order valence-electron chi connectivity index (χ1n) is 13.6. The van der Waals surface area contributed by atoms with Crippen LogP contribution in [0.25, 0.3) is 0 Å². The van der Waals surface area contributed by atoms with E-state index in [4.69, 9.17) is 14.2 Å². The quantitative estimate of drug-likeness (QED) is 0.314. The molecule has 4 rings (SSSR count). The molecule has 0 aromatic carbocycles. The van der Waals surface area contributed by atoms with Gasteiger partial charge in [0.25, 0.3) is 0 Å². The van der Waals surface area contributed by atoms with Gasteiger partial charge in [-0.05, 0) is 65.5 Å². The topological polar surface area (TPSA) is 119 Å². The monoisotopic (exact) mass is 530 g/mol. The molecule has 0 radical (unpaired) electrons. The van der Waals surface area contributed by atoms with E-state index in [-0.39, 0.29) is 47.8 Å². The summed E-state index contributed by atoms with van der Waals surface area (Å²) in [6, 6.07) is 0. The molecule has 4 aliphatic rings. The molecule has 0 bridgehead atoms. The molecular formula is C30H42O8. The molecule has 8 atom stereocenters. The second-order valence-corrected chi connectivity index (χ2v) is 12.5. The van der Waals surface area contributed by atoms with E-state index < -0.39 is 46.8 Å². The van der Waals surface area contributed by atoms with E-state index in [1.807, 2.05) is 33.8 Å². The average Bonchev–Trinajstić information content (AvgIpc) is 2.83. The normalized spacial score (nSPS) is 37.3. The summed E-state index contributed by atoms with van der Waals surface area (Å²) in [5.41, 5.74) is -1.24. The molecule has 2 aliphatic carbocycles. The van der Waals surface area contributed by atoms with Crippen LogP contribution in [0, 0.1) is 17.3 Å². The van der Waals surface area contributed by atoms with Gasteiger partial charge in [0.05, 0.1) is 23.9 Å². The van der Waals surface area contributed by atoms with E-state index in [1.54, 1.807) is 20.8 Å². The molecule has 0 amide bonds. The van der Waals surface area contributed by atoms with E-state index in [9.17, 15) is 24.6 Å². The van der Waals surface area contributed by atoms with Gasteiger partial charge in [-0.15, -0.1) is 0 Å². The Kier molecular flexibility index (Phi) is 7.34. The fraction of sp³-hybridized carbons (Fsp3) is 0.700. The van der Waals surface area contributed by atoms with Gasteiger partial charge in [0, 0.05) is 41.7 Å². The predicted molar refractivity (Wildman–Crippen MR) is 140 cm³/mol. The molecule has 2 aliphatic heterocycles. The number of aliphatic hydroxyl groups excluding tert-OH is 1. The molecule has 8 heteroatoms. The molecule has 1 saturated heterocycles. The third-order valence-electron chi connectivity index (χ3n) is 9.57. The van der Waals surface area contributed by atoms with Crippen LogP contribution in [0.4, 0.5) is 0 Å². The predicted octanol–water partition coefficient (Wildman–Crippen LogP) is 3.74. The molecule has 2 heterocycles. The first-order valence-corrected chi connectivity index (χ1v) is 13.6. The Morgan fingerprint density at radius 2 is 1.92 bits per heavy atom. The Morgan fingerprint density at radius 3 is 2.50 bits per heavy atom. The van der Waals surface area contributed by atoms with Gasteiger partial charge in [-0.2, -0.15) is 0 Å². The lowest BCUT2D eigenvalue weighted by Gasteiger charge is -2.62. The maximum absolute atomic E-state index is 13.8. The maximum Gasteiger partial charge on any atom is 0.303 e. The number of aliphatic hydroxyl groups is 2. The van der Waals surface area contributed by atoms with Crippen LogP contribution in [0.2, 0.25) is 0 Å². The number of allylic oxidation sites excluding steroid dienone is 4. The summed E-state index contributed by atoms with van der Waals surface area (Å²) in [4.78, 5) is 39.0. The summed E-state index contributed by atoms with van der Waals surface area (Å²) >= 11 is 0. The summed E-state index contributed by atoms with van der Waals surface area (Å²) in [6.45, 7) is 14.0. The highest BCUT2D eigenvalue weighted by atomic mass is 16.5. The van der Waals surface area contributed by atoms with Crippen LogP contribution in [-0.2, 0) is 28.6 Å². The van der Waals surface area contributed by atoms with Gasteiger partial charge in [0.15, 0.2) is 11.5 Å². The Morgan fingerprint density at radius 1 is 1.26 bits per heavy atom. The van der Waals surface area contributed by atoms with Crippen molar-refractivity contribution in [1.82, 2.24) is 0 Å². The van der Waals surface area contributed by atoms with Crippen LogP contribution in [0.15, 0.2) is 34.6 Å². The van der Waals surface area contributed by atoms with E-state index in [1.165, 1.54) is 13.0 Å². The van der Waals surface area contributed by atoms with Gasteiger partial charge in [0.1, 0.15) is 11.7 Å². The first kappa shape index (κ1) is 28.7. The Balaban J connectivity index is 1.66. The van der Waals surface area contributed by atoms with E-state index >= 15 is 0 Å². The highest BCUT2D eigenvalue weighted by Crippen LogP contribution is 2.59. The minimum absolute atomic E-state index is 0.0699. The van der Waals surface area contributed by atoms with Crippen molar-refractivity contribution in [2.75, 3.05) is 0 Å². The lowest BCUT2D eigenvalue weighted by Crippen LogP contribution is -2.67. The van der Waals surface area contributed by atoms with E-state index in [2.05, 4.69) is 0 Å². The molecule has 2 fully saturated rings. The maximum atomic E-state index is 13.8. The minimum Gasteiger partial charge on any atom is -0.483 e. The van der Waals surface area contributed by atoms with Crippen molar-refractivity contribution in [2.45, 2.75) is 117 Å². The molecule has 8 nitrogen and oxygen atoms in total. The van der Waals surface area contributed by atoms with Crippen molar-refractivity contribution in [1.29, 1.82) is 0 Å². The lowest BCUT2D eigenvalue weighted by molar-refractivity contribution is -0.279. The highest BCUT2D eigenvalue weighted by Gasteiger charge is 2.64. The van der Waals surface area contributed by atoms with Gasteiger partial charge in [0.2, 0.25) is 5.78 Å². The molecular weight excluding hydrogens is 488 g/mol. The fourth-order valence-corrected chi connectivity index (χ4v) is 7.02. The molecule has 0 spiro atoms. The van der Waals surface area contributed by atoms with Crippen molar-refractivity contribution in [2.24, 2.45) is 17.3 Å². The van der Waals surface area contributed by atoms with Crippen LogP contribution >= 0.6 is 0 Å². The zero-order valence-electron chi connectivity index (χ0n) is 23.8.